The maximum absolute atomic E-state index is 14.7. The fraction of sp³-hybridized carbons (Fsp3) is 0.259. The summed E-state index contributed by atoms with van der Waals surface area (Å²) in [6, 6.07) is 18.2. The van der Waals surface area contributed by atoms with Crippen molar-refractivity contribution in [3.63, 3.8) is 0 Å². The molecular formula is C27H22FN3O2. The van der Waals surface area contributed by atoms with E-state index in [0.29, 0.717) is 24.4 Å². The van der Waals surface area contributed by atoms with Crippen molar-refractivity contribution < 1.29 is 13.9 Å². The summed E-state index contributed by atoms with van der Waals surface area (Å²) in [4.78, 5) is 22.4. The number of nitrogens with zero attached hydrogens (tertiary/aromatic N) is 3. The average Bonchev–Trinajstić information content (AvgIpc) is 2.86. The zero-order valence-electron chi connectivity index (χ0n) is 18.4. The number of fused-ring (bicyclic) bond motifs is 3. The van der Waals surface area contributed by atoms with Crippen LogP contribution >= 0.6 is 0 Å². The van der Waals surface area contributed by atoms with Gasteiger partial charge < -0.3 is 4.74 Å². The van der Waals surface area contributed by atoms with Gasteiger partial charge in [-0.2, -0.15) is 10.2 Å². The van der Waals surface area contributed by atoms with Crippen LogP contribution in [0.1, 0.15) is 30.2 Å². The summed E-state index contributed by atoms with van der Waals surface area (Å²) in [5.74, 6) is -0.436. The van der Waals surface area contributed by atoms with Crippen LogP contribution in [0.4, 0.5) is 4.39 Å². The van der Waals surface area contributed by atoms with E-state index in [1.807, 2.05) is 37.3 Å². The minimum atomic E-state index is -0.830. The molecule has 0 amide bonds. The van der Waals surface area contributed by atoms with Crippen LogP contribution in [0, 0.1) is 29.0 Å². The quantitative estimate of drug-likeness (QED) is 0.586. The van der Waals surface area contributed by atoms with Crippen molar-refractivity contribution in [2.45, 2.75) is 25.2 Å². The number of ketones is 1. The van der Waals surface area contributed by atoms with Gasteiger partial charge in [-0.25, -0.2) is 9.37 Å². The molecule has 6 heteroatoms. The third-order valence-corrected chi connectivity index (χ3v) is 6.99. The number of nitriles is 1. The Morgan fingerprint density at radius 3 is 2.55 bits per heavy atom. The molecule has 0 saturated heterocycles. The first-order valence-electron chi connectivity index (χ1n) is 10.9. The SMILES string of the molecule is COc1nc(-c2ccccc2F)nc2c1CC[C@H]1[C@H](C)C(=O)C(C#N)=C[C@]21c1ccccc1. The van der Waals surface area contributed by atoms with E-state index in [4.69, 9.17) is 9.72 Å². The lowest BCUT2D eigenvalue weighted by Crippen LogP contribution is -2.48. The lowest BCUT2D eigenvalue weighted by atomic mass is 9.54. The number of hydrogen-bond acceptors (Lipinski definition) is 5. The Bertz CT molecular complexity index is 1330. The molecule has 0 bridgehead atoms. The molecule has 33 heavy (non-hydrogen) atoms. The van der Waals surface area contributed by atoms with Crippen LogP contribution in [0.15, 0.2) is 66.2 Å². The molecule has 0 aliphatic heterocycles. The number of carbonyl (C=O) groups is 1. The van der Waals surface area contributed by atoms with Gasteiger partial charge in [-0.1, -0.05) is 49.4 Å². The van der Waals surface area contributed by atoms with Gasteiger partial charge in [-0.3, -0.25) is 4.79 Å². The van der Waals surface area contributed by atoms with Crippen molar-refractivity contribution in [1.29, 1.82) is 5.26 Å². The number of ether oxygens (including phenoxy) is 1. The first kappa shape index (κ1) is 21.0. The first-order valence-corrected chi connectivity index (χ1v) is 10.9. The molecule has 5 nitrogen and oxygen atoms in total. The van der Waals surface area contributed by atoms with E-state index in [1.165, 1.54) is 6.07 Å². The molecule has 3 aromatic rings. The number of allylic oxidation sites excluding steroid dienone is 2. The number of aromatic nitrogens is 2. The van der Waals surface area contributed by atoms with Gasteiger partial charge in [0.1, 0.15) is 11.9 Å². The summed E-state index contributed by atoms with van der Waals surface area (Å²) >= 11 is 0. The summed E-state index contributed by atoms with van der Waals surface area (Å²) in [5.41, 5.74) is 2.00. The molecule has 0 N–H and O–H groups in total. The molecule has 2 aromatic carbocycles. The van der Waals surface area contributed by atoms with Crippen molar-refractivity contribution in [3.05, 3.63) is 88.9 Å². The van der Waals surface area contributed by atoms with Crippen LogP contribution in [0.3, 0.4) is 0 Å². The Kier molecular flexibility index (Phi) is 5.05. The van der Waals surface area contributed by atoms with Crippen LogP contribution in [0.2, 0.25) is 0 Å². The Hall–Kier alpha value is -3.85. The van der Waals surface area contributed by atoms with E-state index in [0.717, 1.165) is 11.1 Å². The molecule has 3 atom stereocenters. The highest BCUT2D eigenvalue weighted by Gasteiger charge is 2.53. The summed E-state index contributed by atoms with van der Waals surface area (Å²) in [6.45, 7) is 1.89. The van der Waals surface area contributed by atoms with Crippen LogP contribution in [-0.4, -0.2) is 22.9 Å². The third-order valence-electron chi connectivity index (χ3n) is 6.99. The molecule has 2 aliphatic carbocycles. The smallest absolute Gasteiger partial charge is 0.220 e. The van der Waals surface area contributed by atoms with Gasteiger partial charge in [0.15, 0.2) is 11.6 Å². The number of rotatable bonds is 3. The molecule has 164 valence electrons. The Morgan fingerprint density at radius 1 is 1.12 bits per heavy atom. The van der Waals surface area contributed by atoms with Crippen molar-refractivity contribution in [1.82, 2.24) is 9.97 Å². The van der Waals surface area contributed by atoms with Crippen LogP contribution in [-0.2, 0) is 16.6 Å². The molecule has 0 spiro atoms. The Labute approximate surface area is 191 Å². The van der Waals surface area contributed by atoms with E-state index in [-0.39, 0.29) is 34.6 Å². The van der Waals surface area contributed by atoms with Gasteiger partial charge in [0, 0.05) is 11.5 Å². The van der Waals surface area contributed by atoms with E-state index in [2.05, 4.69) is 11.1 Å². The zero-order valence-corrected chi connectivity index (χ0v) is 18.4. The largest absolute Gasteiger partial charge is 0.481 e. The van der Waals surface area contributed by atoms with Gasteiger partial charge >= 0.3 is 0 Å². The van der Waals surface area contributed by atoms with Crippen molar-refractivity contribution in [3.8, 4) is 23.3 Å². The molecule has 5 rings (SSSR count). The van der Waals surface area contributed by atoms with Gasteiger partial charge in [-0.05, 0) is 42.5 Å². The van der Waals surface area contributed by atoms with E-state index >= 15 is 0 Å². The van der Waals surface area contributed by atoms with Crippen LogP contribution < -0.4 is 4.74 Å². The highest BCUT2D eigenvalue weighted by molar-refractivity contribution is 6.02. The topological polar surface area (TPSA) is 75.9 Å². The van der Waals surface area contributed by atoms with Gasteiger partial charge in [0.05, 0.1) is 29.4 Å². The van der Waals surface area contributed by atoms with E-state index in [9.17, 15) is 14.4 Å². The maximum Gasteiger partial charge on any atom is 0.220 e. The number of benzene rings is 2. The zero-order chi connectivity index (χ0) is 23.2. The van der Waals surface area contributed by atoms with Gasteiger partial charge in [0.25, 0.3) is 0 Å². The minimum Gasteiger partial charge on any atom is -0.481 e. The highest BCUT2D eigenvalue weighted by Crippen LogP contribution is 2.54. The summed E-state index contributed by atoms with van der Waals surface area (Å²) in [5, 5.41) is 9.80. The molecular weight excluding hydrogens is 417 g/mol. The van der Waals surface area contributed by atoms with Crippen LogP contribution in [0.5, 0.6) is 5.88 Å². The van der Waals surface area contributed by atoms with Gasteiger partial charge in [0.2, 0.25) is 5.88 Å². The molecule has 0 saturated carbocycles. The number of halogens is 1. The molecule has 2 aliphatic rings. The van der Waals surface area contributed by atoms with Gasteiger partial charge in [-0.15, -0.1) is 0 Å². The lowest BCUT2D eigenvalue weighted by Gasteiger charge is -2.48. The molecule has 0 radical (unpaired) electrons. The fourth-order valence-electron chi connectivity index (χ4n) is 5.45. The number of carbonyl (C=O) groups excluding carboxylic acids is 1. The van der Waals surface area contributed by atoms with Crippen molar-refractivity contribution in [2.75, 3.05) is 7.11 Å². The van der Waals surface area contributed by atoms with Crippen molar-refractivity contribution >= 4 is 5.78 Å². The molecule has 0 unspecified atom stereocenters. The molecule has 1 heterocycles. The highest BCUT2D eigenvalue weighted by atomic mass is 19.1. The Balaban J connectivity index is 1.89. The molecule has 0 fully saturated rings. The van der Waals surface area contributed by atoms with E-state index < -0.39 is 11.2 Å². The lowest BCUT2D eigenvalue weighted by molar-refractivity contribution is -0.121. The molecule has 1 aromatic heterocycles. The first-order chi connectivity index (χ1) is 16.0. The minimum absolute atomic E-state index is 0.106. The van der Waals surface area contributed by atoms with E-state index in [1.54, 1.807) is 31.4 Å². The van der Waals surface area contributed by atoms with Crippen LogP contribution in [0.25, 0.3) is 11.4 Å². The number of methoxy groups -OCH3 is 1. The third kappa shape index (κ3) is 3.07. The second-order valence-electron chi connectivity index (χ2n) is 8.57. The number of hydrogen-bond donors (Lipinski definition) is 0. The second kappa shape index (κ2) is 7.93. The average molecular weight is 439 g/mol. The maximum atomic E-state index is 14.7. The van der Waals surface area contributed by atoms with Crippen molar-refractivity contribution in [2.24, 2.45) is 11.8 Å². The standard InChI is InChI=1S/C27H22FN3O2/c1-16-21-13-12-20-24(30-25(31-26(20)33-2)19-10-6-7-11-22(19)28)27(21,14-17(15-29)23(16)32)18-8-4-3-5-9-18/h3-11,14,16,21H,12-13H2,1-2H3/t16-,21-,27+/m0/s1. The summed E-state index contributed by atoms with van der Waals surface area (Å²) in [7, 11) is 1.54. The monoisotopic (exact) mass is 439 g/mol. The summed E-state index contributed by atoms with van der Waals surface area (Å²) in [6.07, 6.45) is 3.11. The normalized spacial score (nSPS) is 23.7. The fourth-order valence-corrected chi connectivity index (χ4v) is 5.45. The summed E-state index contributed by atoms with van der Waals surface area (Å²) < 4.78 is 20.4. The second-order valence-corrected chi connectivity index (χ2v) is 8.57. The number of Topliss-reactive ketones (excluding diaryl/α,β-unsaturated/α-hetero) is 1. The Morgan fingerprint density at radius 2 is 1.85 bits per heavy atom. The predicted octanol–water partition coefficient (Wildman–Crippen LogP) is 4.81. The predicted molar refractivity (Wildman–Crippen MR) is 121 cm³/mol.